The first-order chi connectivity index (χ1) is 10.2. The van der Waals surface area contributed by atoms with Crippen molar-refractivity contribution in [2.75, 3.05) is 13.7 Å². The molecule has 1 N–H and O–H groups in total. The Kier molecular flexibility index (Phi) is 7.37. The molecular formula is C17H20N2O2. The minimum Gasteiger partial charge on any atom is -0.496 e. The third-order valence-corrected chi connectivity index (χ3v) is 2.86. The average Bonchev–Trinajstić information content (AvgIpc) is 2.52. The Morgan fingerprint density at radius 1 is 1.43 bits per heavy atom. The van der Waals surface area contributed by atoms with Gasteiger partial charge in [0.05, 0.1) is 7.11 Å². The molecule has 0 spiro atoms. The Morgan fingerprint density at radius 2 is 2.19 bits per heavy atom. The predicted molar refractivity (Wildman–Crippen MR) is 83.6 cm³/mol. The highest BCUT2D eigenvalue weighted by molar-refractivity contribution is 5.97. The maximum atomic E-state index is 11.8. The van der Waals surface area contributed by atoms with E-state index in [4.69, 9.17) is 10.00 Å². The van der Waals surface area contributed by atoms with Crippen LogP contribution in [0.2, 0.25) is 0 Å². The number of carbonyl (C=O) groups excluding carboxylic acids is 1. The van der Waals surface area contributed by atoms with Crippen LogP contribution in [0, 0.1) is 11.3 Å². The van der Waals surface area contributed by atoms with Crippen molar-refractivity contribution in [1.29, 1.82) is 5.26 Å². The Labute approximate surface area is 125 Å². The second-order valence-corrected chi connectivity index (χ2v) is 4.40. The van der Waals surface area contributed by atoms with E-state index in [9.17, 15) is 4.79 Å². The van der Waals surface area contributed by atoms with Crippen LogP contribution in [0.5, 0.6) is 5.75 Å². The number of unbranched alkanes of at least 4 members (excludes halogenated alkanes) is 1. The number of hydrogen-bond acceptors (Lipinski definition) is 3. The van der Waals surface area contributed by atoms with E-state index in [2.05, 4.69) is 5.32 Å². The minimum atomic E-state index is -0.337. The highest BCUT2D eigenvalue weighted by Crippen LogP contribution is 2.18. The fourth-order valence-electron chi connectivity index (χ4n) is 1.69. The maximum absolute atomic E-state index is 11.8. The first kappa shape index (κ1) is 16.5. The third kappa shape index (κ3) is 5.53. The second kappa shape index (κ2) is 9.38. The van der Waals surface area contributed by atoms with E-state index in [1.807, 2.05) is 37.3 Å². The van der Waals surface area contributed by atoms with Crippen LogP contribution >= 0.6 is 0 Å². The number of carbonyl (C=O) groups is 1. The van der Waals surface area contributed by atoms with Crippen molar-refractivity contribution >= 4 is 12.0 Å². The molecule has 1 rings (SSSR count). The summed E-state index contributed by atoms with van der Waals surface area (Å²) in [4.78, 5) is 11.8. The topological polar surface area (TPSA) is 62.1 Å². The zero-order chi connectivity index (χ0) is 15.5. The van der Waals surface area contributed by atoms with Gasteiger partial charge in [0.2, 0.25) is 0 Å². The number of para-hydroxylation sites is 1. The number of nitrogens with zero attached hydrogens (tertiary/aromatic N) is 1. The van der Waals surface area contributed by atoms with Crippen molar-refractivity contribution in [3.63, 3.8) is 0 Å². The lowest BCUT2D eigenvalue weighted by Gasteiger charge is -2.03. The number of hydrogen-bond donors (Lipinski definition) is 1. The largest absolute Gasteiger partial charge is 0.496 e. The molecule has 4 nitrogen and oxygen atoms in total. The molecule has 0 radical (unpaired) electrons. The van der Waals surface area contributed by atoms with Crippen molar-refractivity contribution in [2.45, 2.75) is 19.8 Å². The van der Waals surface area contributed by atoms with Gasteiger partial charge in [-0.3, -0.25) is 4.79 Å². The molecule has 0 aliphatic rings. The molecule has 0 atom stereocenters. The van der Waals surface area contributed by atoms with Crippen LogP contribution in [0.25, 0.3) is 6.08 Å². The summed E-state index contributed by atoms with van der Waals surface area (Å²) in [6.07, 6.45) is 6.89. The lowest BCUT2D eigenvalue weighted by molar-refractivity contribution is -0.117. The van der Waals surface area contributed by atoms with E-state index < -0.39 is 0 Å². The molecule has 0 saturated carbocycles. The molecule has 1 aromatic carbocycles. The molecule has 0 fully saturated rings. The van der Waals surface area contributed by atoms with Crippen molar-refractivity contribution in [2.24, 2.45) is 0 Å². The van der Waals surface area contributed by atoms with Gasteiger partial charge in [0.1, 0.15) is 17.4 Å². The maximum Gasteiger partial charge on any atom is 0.261 e. The number of nitriles is 1. The van der Waals surface area contributed by atoms with Gasteiger partial charge in [0.25, 0.3) is 5.91 Å². The first-order valence-corrected chi connectivity index (χ1v) is 6.92. The number of benzene rings is 1. The average molecular weight is 284 g/mol. The van der Waals surface area contributed by atoms with Crippen LogP contribution in [0.1, 0.15) is 25.3 Å². The number of allylic oxidation sites excluding steroid dienone is 2. The molecular weight excluding hydrogens is 264 g/mol. The third-order valence-electron chi connectivity index (χ3n) is 2.86. The van der Waals surface area contributed by atoms with Crippen LogP contribution in [-0.4, -0.2) is 19.6 Å². The van der Waals surface area contributed by atoms with Gasteiger partial charge in [-0.2, -0.15) is 5.26 Å². The number of methoxy groups -OCH3 is 1. The Hall–Kier alpha value is -2.54. The summed E-state index contributed by atoms with van der Waals surface area (Å²) >= 11 is 0. The van der Waals surface area contributed by atoms with Gasteiger partial charge in [0.15, 0.2) is 0 Å². The minimum absolute atomic E-state index is 0.0947. The molecule has 0 heterocycles. The number of amides is 1. The molecule has 0 saturated heterocycles. The highest BCUT2D eigenvalue weighted by atomic mass is 16.5. The molecule has 0 aromatic heterocycles. The zero-order valence-electron chi connectivity index (χ0n) is 12.4. The summed E-state index contributed by atoms with van der Waals surface area (Å²) in [7, 11) is 1.60. The van der Waals surface area contributed by atoms with E-state index in [1.165, 1.54) is 6.08 Å². The monoisotopic (exact) mass is 284 g/mol. The summed E-state index contributed by atoms with van der Waals surface area (Å²) in [6.45, 7) is 2.63. The van der Waals surface area contributed by atoms with Gasteiger partial charge in [-0.25, -0.2) is 0 Å². The van der Waals surface area contributed by atoms with E-state index in [0.717, 1.165) is 24.2 Å². The molecule has 1 amide bonds. The lowest BCUT2D eigenvalue weighted by Crippen LogP contribution is -2.25. The fraction of sp³-hybridized carbons (Fsp3) is 0.294. The molecule has 0 aliphatic heterocycles. The quantitative estimate of drug-likeness (QED) is 0.362. The van der Waals surface area contributed by atoms with Crippen LogP contribution in [-0.2, 0) is 4.79 Å². The molecule has 21 heavy (non-hydrogen) atoms. The normalized spacial score (nSPS) is 11.2. The smallest absolute Gasteiger partial charge is 0.261 e. The van der Waals surface area contributed by atoms with E-state index in [1.54, 1.807) is 19.3 Å². The summed E-state index contributed by atoms with van der Waals surface area (Å²) < 4.78 is 5.23. The van der Waals surface area contributed by atoms with Crippen LogP contribution < -0.4 is 10.1 Å². The SMILES string of the molecule is CCCCNC(=O)C(C#N)=CC=Cc1ccccc1OC. The van der Waals surface area contributed by atoms with Crippen LogP contribution in [0.3, 0.4) is 0 Å². The van der Waals surface area contributed by atoms with Crippen molar-refractivity contribution < 1.29 is 9.53 Å². The molecule has 1 aromatic rings. The van der Waals surface area contributed by atoms with Crippen molar-refractivity contribution in [3.05, 3.63) is 47.6 Å². The Bertz CT molecular complexity index is 568. The van der Waals surface area contributed by atoms with Gasteiger partial charge in [-0.05, 0) is 18.6 Å². The Balaban J connectivity index is 2.74. The predicted octanol–water partition coefficient (Wildman–Crippen LogP) is 3.07. The van der Waals surface area contributed by atoms with Crippen molar-refractivity contribution in [1.82, 2.24) is 5.32 Å². The van der Waals surface area contributed by atoms with Gasteiger partial charge >= 0.3 is 0 Å². The molecule has 0 aliphatic carbocycles. The summed E-state index contributed by atoms with van der Waals surface area (Å²) in [5.74, 6) is 0.406. The fourth-order valence-corrected chi connectivity index (χ4v) is 1.69. The lowest BCUT2D eigenvalue weighted by atomic mass is 10.1. The molecule has 4 heteroatoms. The van der Waals surface area contributed by atoms with Gasteiger partial charge < -0.3 is 10.1 Å². The highest BCUT2D eigenvalue weighted by Gasteiger charge is 2.06. The van der Waals surface area contributed by atoms with E-state index in [-0.39, 0.29) is 11.5 Å². The molecule has 110 valence electrons. The number of ether oxygens (including phenoxy) is 1. The standard InChI is InChI=1S/C17H20N2O2/c1-3-4-12-19-17(20)15(13-18)10-7-9-14-8-5-6-11-16(14)21-2/h5-11H,3-4,12H2,1-2H3,(H,19,20). The van der Waals surface area contributed by atoms with Crippen LogP contribution in [0.15, 0.2) is 42.0 Å². The number of nitrogens with one attached hydrogen (secondary N) is 1. The summed E-state index contributed by atoms with van der Waals surface area (Å²) in [5.41, 5.74) is 0.984. The van der Waals surface area contributed by atoms with Crippen molar-refractivity contribution in [3.8, 4) is 11.8 Å². The second-order valence-electron chi connectivity index (χ2n) is 4.40. The van der Waals surface area contributed by atoms with Gasteiger partial charge in [-0.15, -0.1) is 0 Å². The summed E-state index contributed by atoms with van der Waals surface area (Å²) in [5, 5.41) is 11.7. The van der Waals surface area contributed by atoms with Crippen LogP contribution in [0.4, 0.5) is 0 Å². The zero-order valence-corrected chi connectivity index (χ0v) is 12.4. The van der Waals surface area contributed by atoms with E-state index in [0.29, 0.717) is 6.54 Å². The van der Waals surface area contributed by atoms with Gasteiger partial charge in [-0.1, -0.05) is 43.7 Å². The summed E-state index contributed by atoms with van der Waals surface area (Å²) in [6, 6.07) is 9.44. The van der Waals surface area contributed by atoms with Gasteiger partial charge in [0, 0.05) is 12.1 Å². The van der Waals surface area contributed by atoms with E-state index >= 15 is 0 Å². The Morgan fingerprint density at radius 3 is 2.86 bits per heavy atom. The number of rotatable bonds is 7. The molecule has 0 unspecified atom stereocenters. The molecule has 0 bridgehead atoms. The first-order valence-electron chi connectivity index (χ1n) is 6.92.